The van der Waals surface area contributed by atoms with E-state index in [1.807, 2.05) is 6.07 Å². The van der Waals surface area contributed by atoms with Crippen LogP contribution in [0.25, 0.3) is 0 Å². The van der Waals surface area contributed by atoms with E-state index in [0.717, 1.165) is 0 Å². The van der Waals surface area contributed by atoms with E-state index in [4.69, 9.17) is 7.57 Å². The second-order valence-corrected chi connectivity index (χ2v) is 8.59. The minimum atomic E-state index is -1.48. The summed E-state index contributed by atoms with van der Waals surface area (Å²) in [5.74, 6) is 0. The van der Waals surface area contributed by atoms with E-state index in [-0.39, 0.29) is 5.16 Å². The monoisotopic (exact) mass is 191 g/mol. The molecule has 1 aromatic rings. The molecule has 1 unspecified atom stereocenters. The van der Waals surface area contributed by atoms with Crippen LogP contribution in [0.1, 0.15) is 20.8 Å². The van der Waals surface area contributed by atoms with Gasteiger partial charge in [0.2, 0.25) is 0 Å². The molecule has 13 heavy (non-hydrogen) atoms. The molecule has 0 nitrogen and oxygen atoms in total. The summed E-state index contributed by atoms with van der Waals surface area (Å²) in [7, 11) is 4.95. The number of rotatable bonds is 1. The quantitative estimate of drug-likeness (QED) is 0.472. The fourth-order valence-corrected chi connectivity index (χ4v) is 2.69. The highest BCUT2D eigenvalue weighted by Crippen LogP contribution is 2.60. The molecule has 0 amide bonds. The Hall–Kier alpha value is -0.285. The molecule has 0 aliphatic rings. The van der Waals surface area contributed by atoms with Crippen molar-refractivity contribution in [3.05, 3.63) is 30.3 Å². The van der Waals surface area contributed by atoms with Gasteiger partial charge in [0.1, 0.15) is 0 Å². The Morgan fingerprint density at radius 3 is 1.92 bits per heavy atom. The third-order valence-corrected chi connectivity index (χ3v) is 6.84. The average molecular weight is 191 g/mol. The van der Waals surface area contributed by atoms with Crippen LogP contribution < -0.4 is 5.30 Å². The smallest absolute Gasteiger partial charge is 0.0620 e. The van der Waals surface area contributed by atoms with Crippen molar-refractivity contribution in [2.75, 3.05) is 6.66 Å². The lowest BCUT2D eigenvalue weighted by molar-refractivity contribution is 0.787. The van der Waals surface area contributed by atoms with Crippen LogP contribution in [0.2, 0.25) is 0 Å². The molecule has 0 spiro atoms. The highest BCUT2D eigenvalue weighted by Gasteiger charge is 2.41. The van der Waals surface area contributed by atoms with Crippen LogP contribution >= 0.6 is 7.14 Å². The Labute approximate surface area is 83.5 Å². The van der Waals surface area contributed by atoms with Gasteiger partial charge < -0.3 is 0 Å². The van der Waals surface area contributed by atoms with Crippen LogP contribution in [0.5, 0.6) is 0 Å². The van der Waals surface area contributed by atoms with Crippen LogP contribution in [-0.4, -0.2) is 19.4 Å². The zero-order valence-corrected chi connectivity index (χ0v) is 9.81. The van der Waals surface area contributed by atoms with Gasteiger partial charge in [-0.15, -0.1) is 0 Å². The molecule has 1 rings (SSSR count). The van der Waals surface area contributed by atoms with Gasteiger partial charge in [-0.05, 0) is 40.0 Å². The lowest BCUT2D eigenvalue weighted by Crippen LogP contribution is -2.27. The van der Waals surface area contributed by atoms with Crippen molar-refractivity contribution in [2.45, 2.75) is 25.9 Å². The number of benzene rings is 1. The summed E-state index contributed by atoms with van der Waals surface area (Å²) in [6.07, 6.45) is 0. The van der Waals surface area contributed by atoms with Gasteiger partial charge in [-0.1, -0.05) is 18.2 Å². The molecule has 0 heterocycles. The first-order valence-corrected chi connectivity index (χ1v) is 6.87. The van der Waals surface area contributed by atoms with Gasteiger partial charge in [-0.2, -0.15) is 0 Å². The van der Waals surface area contributed by atoms with Crippen molar-refractivity contribution in [3.63, 3.8) is 0 Å². The van der Waals surface area contributed by atoms with Gasteiger partial charge in [-0.25, -0.2) is 0 Å². The molecule has 1 atom stereocenters. The maximum absolute atomic E-state index is 6.43. The molecule has 0 bridgehead atoms. The largest absolute Gasteiger partial charge is 0.371 e. The van der Waals surface area contributed by atoms with Crippen molar-refractivity contribution in [2.24, 2.45) is 0 Å². The van der Waals surface area contributed by atoms with Crippen molar-refractivity contribution >= 4 is 20.0 Å². The zero-order chi connectivity index (χ0) is 10.1. The van der Waals surface area contributed by atoms with E-state index >= 15 is 0 Å². The number of hydrogen-bond acceptors (Lipinski definition) is 0. The van der Waals surface area contributed by atoms with E-state index in [9.17, 15) is 0 Å². The number of hydrogen-bond donors (Lipinski definition) is 0. The molecule has 0 N–H and O–H groups in total. The van der Waals surface area contributed by atoms with Crippen molar-refractivity contribution in [1.82, 2.24) is 0 Å². The third kappa shape index (κ3) is 2.14. The second kappa shape index (κ2) is 3.46. The molecule has 2 radical (unpaired) electrons. The maximum Gasteiger partial charge on any atom is 0.371 e. The maximum atomic E-state index is 6.43. The second-order valence-electron chi connectivity index (χ2n) is 4.58. The summed E-state index contributed by atoms with van der Waals surface area (Å²) in [5.41, 5.74) is 0. The molecular weight excluding hydrogens is 174 g/mol. The summed E-state index contributed by atoms with van der Waals surface area (Å²) >= 11 is 0. The van der Waals surface area contributed by atoms with Gasteiger partial charge in [0.05, 0.1) is 10.5 Å². The molecule has 1 aromatic carbocycles. The first kappa shape index (κ1) is 10.8. The van der Waals surface area contributed by atoms with Crippen LogP contribution in [0.4, 0.5) is 0 Å². The van der Waals surface area contributed by atoms with Gasteiger partial charge in [0.15, 0.2) is 0 Å². The Balaban J connectivity index is 3.08. The SMILES string of the molecule is [B][P+](C)(c1ccccc1)C(C)(C)C. The molecule has 68 valence electrons. The van der Waals surface area contributed by atoms with Crippen molar-refractivity contribution < 1.29 is 0 Å². The predicted octanol–water partition coefficient (Wildman–Crippen LogP) is 2.84. The summed E-state index contributed by atoms with van der Waals surface area (Å²) in [5, 5.41) is 1.50. The van der Waals surface area contributed by atoms with Gasteiger partial charge >= 0.3 is 7.57 Å². The van der Waals surface area contributed by atoms with E-state index < -0.39 is 7.14 Å². The molecule has 0 aliphatic carbocycles. The molecular formula is C11H17BP+. The van der Waals surface area contributed by atoms with Gasteiger partial charge in [-0.3, -0.25) is 0 Å². The Kier molecular flexibility index (Phi) is 2.87. The first-order valence-electron chi connectivity index (χ1n) is 4.56. The lowest BCUT2D eigenvalue weighted by Gasteiger charge is -2.32. The van der Waals surface area contributed by atoms with Gasteiger partial charge in [0, 0.05) is 6.66 Å². The summed E-state index contributed by atoms with van der Waals surface area (Å²) < 4.78 is 0. The molecule has 0 aliphatic heterocycles. The minimum Gasteiger partial charge on any atom is -0.0620 e. The van der Waals surface area contributed by atoms with Crippen LogP contribution in [0, 0.1) is 0 Å². The van der Waals surface area contributed by atoms with E-state index in [0.29, 0.717) is 0 Å². The molecule has 0 fully saturated rings. The highest BCUT2D eigenvalue weighted by atomic mass is 31.2. The van der Waals surface area contributed by atoms with Crippen LogP contribution in [0.15, 0.2) is 30.3 Å². The Morgan fingerprint density at radius 2 is 1.54 bits per heavy atom. The molecule has 0 saturated carbocycles. The zero-order valence-electron chi connectivity index (χ0n) is 8.91. The van der Waals surface area contributed by atoms with Crippen LogP contribution in [-0.2, 0) is 0 Å². The van der Waals surface area contributed by atoms with Gasteiger partial charge in [0.25, 0.3) is 0 Å². The summed E-state index contributed by atoms with van der Waals surface area (Å²) in [6.45, 7) is 8.84. The Bertz CT molecular complexity index is 272. The first-order chi connectivity index (χ1) is 5.86. The minimum absolute atomic E-state index is 0.189. The fourth-order valence-electron chi connectivity index (χ4n) is 1.12. The third-order valence-electron chi connectivity index (χ3n) is 2.69. The van der Waals surface area contributed by atoms with Crippen molar-refractivity contribution in [3.8, 4) is 0 Å². The van der Waals surface area contributed by atoms with E-state index in [1.165, 1.54) is 5.30 Å². The molecule has 2 heteroatoms. The topological polar surface area (TPSA) is 0 Å². The average Bonchev–Trinajstić information content (AvgIpc) is 2.04. The fraction of sp³-hybridized carbons (Fsp3) is 0.455. The van der Waals surface area contributed by atoms with E-state index in [2.05, 4.69) is 51.7 Å². The van der Waals surface area contributed by atoms with Crippen molar-refractivity contribution in [1.29, 1.82) is 0 Å². The molecule has 0 aromatic heterocycles. The summed E-state index contributed by atoms with van der Waals surface area (Å²) in [4.78, 5) is 0. The lowest BCUT2D eigenvalue weighted by atomic mass is 10.2. The standard InChI is InChI=1S/C11H17BP/c1-11(2,3)13(4,12)10-8-6-5-7-9-10/h5-9H,1-4H3/q+1. The highest BCUT2D eigenvalue weighted by molar-refractivity contribution is 8.03. The normalized spacial score (nSPS) is 16.6. The van der Waals surface area contributed by atoms with Crippen LogP contribution in [0.3, 0.4) is 0 Å². The predicted molar refractivity (Wildman–Crippen MR) is 64.4 cm³/mol. The Morgan fingerprint density at radius 1 is 1.08 bits per heavy atom. The van der Waals surface area contributed by atoms with E-state index in [1.54, 1.807) is 0 Å². The summed E-state index contributed by atoms with van der Waals surface area (Å²) in [6, 6.07) is 10.4. The molecule has 0 saturated heterocycles.